The van der Waals surface area contributed by atoms with Crippen LogP contribution in [0, 0.1) is 0 Å². The molecule has 102 valence electrons. The second kappa shape index (κ2) is 5.05. The number of fused-ring (bicyclic) bond motifs is 1. The van der Waals surface area contributed by atoms with Crippen LogP contribution in [0.2, 0.25) is 0 Å². The Morgan fingerprint density at radius 3 is 2.37 bits per heavy atom. The molecule has 0 fully saturated rings. The molecule has 1 aromatic rings. The molecule has 0 radical (unpaired) electrons. The number of hydrogen-bond acceptors (Lipinski definition) is 6. The highest BCUT2D eigenvalue weighted by atomic mass is 16.5. The standard InChI is InChI=1S/C12H13NO6/c1-18-9(14)2-3-10(15)19-5-4-13-11(16)7-6-8(7)12(13)17/h2-3,16-17H,4-6H2,1H3. The molecule has 0 saturated heterocycles. The highest BCUT2D eigenvalue weighted by Gasteiger charge is 2.32. The van der Waals surface area contributed by atoms with Crippen LogP contribution in [0.25, 0.3) is 0 Å². The van der Waals surface area contributed by atoms with Gasteiger partial charge in [-0.25, -0.2) is 9.59 Å². The van der Waals surface area contributed by atoms with Gasteiger partial charge in [0.15, 0.2) is 11.8 Å². The second-order valence-corrected chi connectivity index (χ2v) is 3.96. The first-order valence-corrected chi connectivity index (χ1v) is 5.59. The Kier molecular flexibility index (Phi) is 3.46. The Labute approximate surface area is 108 Å². The van der Waals surface area contributed by atoms with Gasteiger partial charge in [0, 0.05) is 29.7 Å². The Morgan fingerprint density at radius 1 is 1.21 bits per heavy atom. The predicted molar refractivity (Wildman–Crippen MR) is 62.7 cm³/mol. The Hall–Kier alpha value is -2.44. The topological polar surface area (TPSA) is 98.0 Å². The van der Waals surface area contributed by atoms with Crippen molar-refractivity contribution in [1.82, 2.24) is 4.57 Å². The summed E-state index contributed by atoms with van der Waals surface area (Å²) < 4.78 is 10.4. The lowest BCUT2D eigenvalue weighted by molar-refractivity contribution is -0.139. The first-order chi connectivity index (χ1) is 9.04. The third-order valence-electron chi connectivity index (χ3n) is 2.76. The number of carbonyl (C=O) groups excluding carboxylic acids is 2. The van der Waals surface area contributed by atoms with Crippen LogP contribution in [0.1, 0.15) is 11.1 Å². The molecule has 0 unspecified atom stereocenters. The molecule has 7 heteroatoms. The molecule has 0 aliphatic heterocycles. The highest BCUT2D eigenvalue weighted by Crippen LogP contribution is 2.45. The average Bonchev–Trinajstić information content (AvgIpc) is 3.15. The van der Waals surface area contributed by atoms with Crippen LogP contribution in [0.15, 0.2) is 12.2 Å². The molecule has 1 heterocycles. The van der Waals surface area contributed by atoms with Crippen molar-refractivity contribution in [2.24, 2.45) is 0 Å². The maximum Gasteiger partial charge on any atom is 0.331 e. The predicted octanol–water partition coefficient (Wildman–Crippen LogP) is 0.0759. The lowest BCUT2D eigenvalue weighted by atomic mass is 10.5. The molecular weight excluding hydrogens is 254 g/mol. The fraction of sp³-hybridized carbons (Fsp3) is 0.333. The first-order valence-electron chi connectivity index (χ1n) is 5.59. The normalized spacial score (nSPS) is 12.3. The maximum absolute atomic E-state index is 11.2. The number of methoxy groups -OCH3 is 1. The second-order valence-electron chi connectivity index (χ2n) is 3.96. The summed E-state index contributed by atoms with van der Waals surface area (Å²) in [4.78, 5) is 21.9. The maximum atomic E-state index is 11.2. The molecule has 1 aliphatic carbocycles. The third-order valence-corrected chi connectivity index (χ3v) is 2.76. The van der Waals surface area contributed by atoms with Crippen LogP contribution >= 0.6 is 0 Å². The van der Waals surface area contributed by atoms with Crippen molar-refractivity contribution in [3.8, 4) is 11.8 Å². The van der Waals surface area contributed by atoms with Crippen molar-refractivity contribution in [3.05, 3.63) is 23.3 Å². The van der Waals surface area contributed by atoms with Crippen molar-refractivity contribution >= 4 is 11.9 Å². The Morgan fingerprint density at radius 2 is 1.79 bits per heavy atom. The van der Waals surface area contributed by atoms with Gasteiger partial charge in [-0.1, -0.05) is 0 Å². The number of carbonyl (C=O) groups is 2. The molecule has 0 bridgehead atoms. The van der Waals surface area contributed by atoms with Crippen molar-refractivity contribution in [2.75, 3.05) is 13.7 Å². The number of esters is 2. The van der Waals surface area contributed by atoms with Gasteiger partial charge in [0.1, 0.15) is 6.61 Å². The molecule has 1 aliphatic rings. The monoisotopic (exact) mass is 267 g/mol. The lowest BCUT2D eigenvalue weighted by Crippen LogP contribution is -2.10. The minimum Gasteiger partial charge on any atom is -0.494 e. The SMILES string of the molecule is COC(=O)C=CC(=O)OCCn1c(O)c2c(c1O)C2. The van der Waals surface area contributed by atoms with E-state index in [-0.39, 0.29) is 24.9 Å². The Balaban J connectivity index is 1.79. The van der Waals surface area contributed by atoms with Gasteiger partial charge in [0.2, 0.25) is 0 Å². The van der Waals surface area contributed by atoms with Gasteiger partial charge in [-0.05, 0) is 0 Å². The molecular formula is C12H13NO6. The molecule has 0 saturated carbocycles. The van der Waals surface area contributed by atoms with Crippen molar-refractivity contribution in [2.45, 2.75) is 13.0 Å². The summed E-state index contributed by atoms with van der Waals surface area (Å²) in [6.45, 7) is 0.113. The van der Waals surface area contributed by atoms with Crippen molar-refractivity contribution < 1.29 is 29.3 Å². The summed E-state index contributed by atoms with van der Waals surface area (Å²) >= 11 is 0. The van der Waals surface area contributed by atoms with E-state index >= 15 is 0 Å². The minimum absolute atomic E-state index is 0.00801. The van der Waals surface area contributed by atoms with E-state index < -0.39 is 11.9 Å². The number of rotatable bonds is 5. The number of ether oxygens (including phenoxy) is 2. The largest absolute Gasteiger partial charge is 0.494 e. The van der Waals surface area contributed by atoms with Gasteiger partial charge in [-0.15, -0.1) is 0 Å². The molecule has 7 nitrogen and oxygen atoms in total. The van der Waals surface area contributed by atoms with Gasteiger partial charge in [0.05, 0.1) is 13.7 Å². The molecule has 0 amide bonds. The van der Waals surface area contributed by atoms with E-state index in [1.165, 1.54) is 11.7 Å². The summed E-state index contributed by atoms with van der Waals surface area (Å²) in [6, 6.07) is 0. The highest BCUT2D eigenvalue weighted by molar-refractivity contribution is 5.91. The lowest BCUT2D eigenvalue weighted by Gasteiger charge is -2.08. The smallest absolute Gasteiger partial charge is 0.331 e. The van der Waals surface area contributed by atoms with Crippen molar-refractivity contribution in [3.63, 3.8) is 0 Å². The van der Waals surface area contributed by atoms with Crippen LogP contribution in [0.5, 0.6) is 11.8 Å². The quantitative estimate of drug-likeness (QED) is 0.588. The molecule has 19 heavy (non-hydrogen) atoms. The van der Waals surface area contributed by atoms with Gasteiger partial charge >= 0.3 is 11.9 Å². The first kappa shape index (κ1) is 13.0. The number of aromatic nitrogens is 1. The summed E-state index contributed by atoms with van der Waals surface area (Å²) in [6.07, 6.45) is 2.51. The average molecular weight is 267 g/mol. The van der Waals surface area contributed by atoms with Crippen LogP contribution < -0.4 is 0 Å². The van der Waals surface area contributed by atoms with Gasteiger partial charge in [-0.3, -0.25) is 4.57 Å². The molecule has 2 N–H and O–H groups in total. The fourth-order valence-electron chi connectivity index (χ4n) is 1.69. The van der Waals surface area contributed by atoms with E-state index in [0.717, 1.165) is 23.3 Å². The molecule has 2 rings (SSSR count). The van der Waals surface area contributed by atoms with E-state index in [1.54, 1.807) is 0 Å². The van der Waals surface area contributed by atoms with E-state index in [4.69, 9.17) is 4.74 Å². The van der Waals surface area contributed by atoms with Crippen LogP contribution in [0.4, 0.5) is 0 Å². The number of aromatic hydroxyl groups is 2. The van der Waals surface area contributed by atoms with E-state index in [0.29, 0.717) is 6.42 Å². The molecule has 0 spiro atoms. The zero-order chi connectivity index (χ0) is 14.0. The van der Waals surface area contributed by atoms with Gasteiger partial charge < -0.3 is 19.7 Å². The van der Waals surface area contributed by atoms with E-state index in [9.17, 15) is 19.8 Å². The zero-order valence-electron chi connectivity index (χ0n) is 10.3. The molecule has 1 aromatic heterocycles. The van der Waals surface area contributed by atoms with Crippen molar-refractivity contribution in [1.29, 1.82) is 0 Å². The number of hydrogen-bond donors (Lipinski definition) is 2. The number of nitrogens with zero attached hydrogens (tertiary/aromatic N) is 1. The molecule has 0 atom stereocenters. The summed E-state index contributed by atoms with van der Waals surface area (Å²) in [5, 5.41) is 19.3. The van der Waals surface area contributed by atoms with Crippen LogP contribution in [-0.4, -0.2) is 40.4 Å². The summed E-state index contributed by atoms with van der Waals surface area (Å²) in [5.41, 5.74) is 1.46. The molecule has 0 aromatic carbocycles. The minimum atomic E-state index is -0.700. The summed E-state index contributed by atoms with van der Waals surface area (Å²) in [7, 11) is 1.20. The van der Waals surface area contributed by atoms with Crippen LogP contribution in [-0.2, 0) is 32.0 Å². The van der Waals surface area contributed by atoms with Crippen LogP contribution in [0.3, 0.4) is 0 Å². The summed E-state index contributed by atoms with van der Waals surface area (Å²) in [5.74, 6) is -1.34. The van der Waals surface area contributed by atoms with Gasteiger partial charge in [-0.2, -0.15) is 0 Å². The zero-order valence-corrected chi connectivity index (χ0v) is 10.3. The Bertz CT molecular complexity index is 532. The third kappa shape index (κ3) is 2.70. The fourth-order valence-corrected chi connectivity index (χ4v) is 1.69. The van der Waals surface area contributed by atoms with E-state index in [1.807, 2.05) is 0 Å². The van der Waals surface area contributed by atoms with Gasteiger partial charge in [0.25, 0.3) is 0 Å². The van der Waals surface area contributed by atoms with E-state index in [2.05, 4.69) is 4.74 Å².